The lowest BCUT2D eigenvalue weighted by Crippen LogP contribution is -2.50. The van der Waals surface area contributed by atoms with Gasteiger partial charge >= 0.3 is 5.97 Å². The van der Waals surface area contributed by atoms with Gasteiger partial charge < -0.3 is 10.1 Å². The number of hydrogen-bond acceptors (Lipinski definition) is 3. The SMILES string of the molecule is C#C[C@@](Nc1ccccc1)(C(=O)OC)C(C)C. The van der Waals surface area contributed by atoms with Gasteiger partial charge in [-0.25, -0.2) is 4.79 Å². The zero-order valence-electron chi connectivity index (χ0n) is 10.4. The van der Waals surface area contributed by atoms with Gasteiger partial charge in [0.25, 0.3) is 0 Å². The fourth-order valence-electron chi connectivity index (χ4n) is 1.60. The molecule has 0 radical (unpaired) electrons. The van der Waals surface area contributed by atoms with E-state index in [1.165, 1.54) is 7.11 Å². The van der Waals surface area contributed by atoms with Crippen LogP contribution in [0.25, 0.3) is 0 Å². The molecule has 1 atom stereocenters. The third-order valence-corrected chi connectivity index (χ3v) is 2.72. The van der Waals surface area contributed by atoms with E-state index in [9.17, 15) is 4.79 Å². The summed E-state index contributed by atoms with van der Waals surface area (Å²) in [5, 5.41) is 3.08. The first-order chi connectivity index (χ1) is 8.06. The highest BCUT2D eigenvalue weighted by molar-refractivity contribution is 5.89. The Bertz CT molecular complexity index is 420. The van der Waals surface area contributed by atoms with Crippen LogP contribution >= 0.6 is 0 Å². The predicted octanol–water partition coefficient (Wildman–Crippen LogP) is 2.30. The van der Waals surface area contributed by atoms with Crippen LogP contribution in [0.1, 0.15) is 13.8 Å². The van der Waals surface area contributed by atoms with Crippen LogP contribution in [-0.2, 0) is 9.53 Å². The summed E-state index contributed by atoms with van der Waals surface area (Å²) < 4.78 is 4.80. The largest absolute Gasteiger partial charge is 0.467 e. The molecule has 0 aliphatic rings. The summed E-state index contributed by atoms with van der Waals surface area (Å²) in [6.45, 7) is 3.76. The van der Waals surface area contributed by atoms with Gasteiger partial charge in [0.15, 0.2) is 5.54 Å². The Kier molecular flexibility index (Phi) is 4.17. The fourth-order valence-corrected chi connectivity index (χ4v) is 1.60. The zero-order valence-corrected chi connectivity index (χ0v) is 10.4. The number of hydrogen-bond donors (Lipinski definition) is 1. The predicted molar refractivity (Wildman–Crippen MR) is 68.5 cm³/mol. The van der Waals surface area contributed by atoms with Crippen LogP contribution in [0.2, 0.25) is 0 Å². The molecular weight excluding hydrogens is 214 g/mol. The lowest BCUT2D eigenvalue weighted by Gasteiger charge is -2.31. The van der Waals surface area contributed by atoms with Crippen molar-refractivity contribution in [3.63, 3.8) is 0 Å². The molecule has 1 rings (SSSR count). The number of esters is 1. The summed E-state index contributed by atoms with van der Waals surface area (Å²) in [5.41, 5.74) is -0.333. The van der Waals surface area contributed by atoms with E-state index in [2.05, 4.69) is 11.2 Å². The molecule has 1 aromatic carbocycles. The number of benzene rings is 1. The zero-order chi connectivity index (χ0) is 12.9. The molecule has 3 nitrogen and oxygen atoms in total. The maximum Gasteiger partial charge on any atom is 0.344 e. The first kappa shape index (κ1) is 13.1. The summed E-state index contributed by atoms with van der Waals surface area (Å²) in [7, 11) is 1.34. The normalized spacial score (nSPS) is 13.6. The van der Waals surface area contributed by atoms with E-state index in [0.29, 0.717) is 0 Å². The van der Waals surface area contributed by atoms with Crippen LogP contribution in [-0.4, -0.2) is 18.6 Å². The number of terminal acetylenes is 1. The van der Waals surface area contributed by atoms with Gasteiger partial charge in [0.2, 0.25) is 0 Å². The van der Waals surface area contributed by atoms with Gasteiger partial charge in [0.05, 0.1) is 7.11 Å². The van der Waals surface area contributed by atoms with Crippen molar-refractivity contribution < 1.29 is 9.53 Å². The summed E-state index contributed by atoms with van der Waals surface area (Å²) >= 11 is 0. The number of carbonyl (C=O) groups excluding carboxylic acids is 1. The van der Waals surface area contributed by atoms with Gasteiger partial charge in [-0.1, -0.05) is 38.0 Å². The van der Waals surface area contributed by atoms with Crippen LogP contribution in [0.4, 0.5) is 5.69 Å². The van der Waals surface area contributed by atoms with Crippen LogP contribution in [0, 0.1) is 18.3 Å². The Morgan fingerprint density at radius 2 is 2.00 bits per heavy atom. The number of methoxy groups -OCH3 is 1. The van der Waals surface area contributed by atoms with E-state index in [1.54, 1.807) is 0 Å². The van der Waals surface area contributed by atoms with Crippen molar-refractivity contribution in [1.29, 1.82) is 0 Å². The van der Waals surface area contributed by atoms with Crippen molar-refractivity contribution in [2.45, 2.75) is 19.4 Å². The lowest BCUT2D eigenvalue weighted by atomic mass is 9.87. The van der Waals surface area contributed by atoms with Gasteiger partial charge in [0, 0.05) is 5.69 Å². The quantitative estimate of drug-likeness (QED) is 0.638. The molecule has 0 aromatic heterocycles. The molecule has 0 heterocycles. The first-order valence-corrected chi connectivity index (χ1v) is 5.46. The molecule has 0 saturated carbocycles. The molecule has 0 unspecified atom stereocenters. The second kappa shape index (κ2) is 5.40. The molecule has 90 valence electrons. The Morgan fingerprint density at radius 1 is 1.41 bits per heavy atom. The van der Waals surface area contributed by atoms with Crippen LogP contribution in [0.5, 0.6) is 0 Å². The number of para-hydroxylation sites is 1. The van der Waals surface area contributed by atoms with Gasteiger partial charge in [-0.2, -0.15) is 0 Å². The molecule has 3 heteroatoms. The monoisotopic (exact) mass is 231 g/mol. The third-order valence-electron chi connectivity index (χ3n) is 2.72. The molecule has 0 bridgehead atoms. The first-order valence-electron chi connectivity index (χ1n) is 5.46. The minimum atomic E-state index is -1.13. The van der Waals surface area contributed by atoms with Crippen molar-refractivity contribution >= 4 is 11.7 Å². The number of rotatable bonds is 4. The smallest absolute Gasteiger partial charge is 0.344 e. The summed E-state index contributed by atoms with van der Waals surface area (Å²) in [6, 6.07) is 9.37. The number of anilines is 1. The maximum atomic E-state index is 11.9. The van der Waals surface area contributed by atoms with Crippen LogP contribution in [0.3, 0.4) is 0 Å². The van der Waals surface area contributed by atoms with Gasteiger partial charge in [-0.15, -0.1) is 6.42 Å². The van der Waals surface area contributed by atoms with Gasteiger partial charge in [-0.3, -0.25) is 0 Å². The molecular formula is C14H17NO2. The molecule has 0 fully saturated rings. The number of ether oxygens (including phenoxy) is 1. The van der Waals surface area contributed by atoms with Crippen molar-refractivity contribution in [2.24, 2.45) is 5.92 Å². The Labute approximate surface area is 102 Å². The van der Waals surface area contributed by atoms with E-state index < -0.39 is 11.5 Å². The van der Waals surface area contributed by atoms with Crippen molar-refractivity contribution in [1.82, 2.24) is 0 Å². The number of nitrogens with one attached hydrogen (secondary N) is 1. The van der Waals surface area contributed by atoms with Crippen LogP contribution in [0.15, 0.2) is 30.3 Å². The van der Waals surface area contributed by atoms with Crippen molar-refractivity contribution in [3.8, 4) is 12.3 Å². The second-order valence-electron chi connectivity index (χ2n) is 4.09. The molecule has 17 heavy (non-hydrogen) atoms. The highest BCUT2D eigenvalue weighted by Gasteiger charge is 2.41. The molecule has 1 aromatic rings. The Morgan fingerprint density at radius 3 is 2.41 bits per heavy atom. The third kappa shape index (κ3) is 2.59. The average molecular weight is 231 g/mol. The lowest BCUT2D eigenvalue weighted by molar-refractivity contribution is -0.145. The van der Waals surface area contributed by atoms with Crippen LogP contribution < -0.4 is 5.32 Å². The van der Waals surface area contributed by atoms with Crippen molar-refractivity contribution in [3.05, 3.63) is 30.3 Å². The second-order valence-corrected chi connectivity index (χ2v) is 4.09. The van der Waals surface area contributed by atoms with E-state index in [-0.39, 0.29) is 5.92 Å². The van der Waals surface area contributed by atoms with E-state index in [1.807, 2.05) is 44.2 Å². The highest BCUT2D eigenvalue weighted by atomic mass is 16.5. The van der Waals surface area contributed by atoms with Gasteiger partial charge in [0.1, 0.15) is 0 Å². The minimum absolute atomic E-state index is 0.0832. The molecule has 1 N–H and O–H groups in total. The molecule has 0 saturated heterocycles. The average Bonchev–Trinajstić information content (AvgIpc) is 2.36. The number of carbonyl (C=O) groups is 1. The molecule has 0 spiro atoms. The van der Waals surface area contributed by atoms with E-state index in [4.69, 9.17) is 11.2 Å². The van der Waals surface area contributed by atoms with E-state index >= 15 is 0 Å². The molecule has 0 aliphatic heterocycles. The van der Waals surface area contributed by atoms with Gasteiger partial charge in [-0.05, 0) is 18.1 Å². The fraction of sp³-hybridized carbons (Fsp3) is 0.357. The molecule has 0 amide bonds. The van der Waals surface area contributed by atoms with Crippen molar-refractivity contribution in [2.75, 3.05) is 12.4 Å². The highest BCUT2D eigenvalue weighted by Crippen LogP contribution is 2.24. The Balaban J connectivity index is 3.09. The summed E-state index contributed by atoms with van der Waals surface area (Å²) in [5.74, 6) is 2.00. The standard InChI is InChI=1S/C14H17NO2/c1-5-14(11(2)3,13(16)17-4)15-12-9-7-6-8-10-12/h1,6-11,15H,2-4H3/t14-/m0/s1. The molecule has 0 aliphatic carbocycles. The maximum absolute atomic E-state index is 11.9. The van der Waals surface area contributed by atoms with E-state index in [0.717, 1.165) is 5.69 Å². The topological polar surface area (TPSA) is 38.3 Å². The Hall–Kier alpha value is -1.95. The minimum Gasteiger partial charge on any atom is -0.467 e. The summed E-state index contributed by atoms with van der Waals surface area (Å²) in [4.78, 5) is 11.9. The summed E-state index contributed by atoms with van der Waals surface area (Å²) in [6.07, 6.45) is 5.52.